The number of methoxy groups -OCH3 is 1. The second kappa shape index (κ2) is 8.49. The second-order valence-electron chi connectivity index (χ2n) is 7.00. The SMILES string of the molecule is COc1ccc(C(=O)N(Cc2ccccc2)c2nc3ccc(S(C)(=O)=O)cc3s2)cc1. The Kier molecular flexibility index (Phi) is 5.75. The zero-order valence-corrected chi connectivity index (χ0v) is 18.6. The van der Waals surface area contributed by atoms with Crippen LogP contribution < -0.4 is 9.64 Å². The lowest BCUT2D eigenvalue weighted by Gasteiger charge is -2.20. The van der Waals surface area contributed by atoms with Crippen LogP contribution >= 0.6 is 11.3 Å². The van der Waals surface area contributed by atoms with Crippen LogP contribution in [0.25, 0.3) is 10.2 Å². The fourth-order valence-corrected chi connectivity index (χ4v) is 4.84. The average molecular weight is 453 g/mol. The molecule has 1 aromatic heterocycles. The van der Waals surface area contributed by atoms with E-state index in [2.05, 4.69) is 4.98 Å². The Balaban J connectivity index is 1.76. The van der Waals surface area contributed by atoms with Crippen molar-refractivity contribution in [1.29, 1.82) is 0 Å². The summed E-state index contributed by atoms with van der Waals surface area (Å²) in [6.45, 7) is 0.338. The van der Waals surface area contributed by atoms with Gasteiger partial charge in [-0.1, -0.05) is 41.7 Å². The molecule has 4 rings (SSSR count). The van der Waals surface area contributed by atoms with E-state index >= 15 is 0 Å². The number of ether oxygens (including phenoxy) is 1. The van der Waals surface area contributed by atoms with E-state index in [1.165, 1.54) is 23.7 Å². The summed E-state index contributed by atoms with van der Waals surface area (Å²) in [5.41, 5.74) is 2.11. The largest absolute Gasteiger partial charge is 0.497 e. The quantitative estimate of drug-likeness (QED) is 0.429. The Labute approximate surface area is 184 Å². The Bertz CT molecular complexity index is 1330. The molecule has 4 aromatic rings. The van der Waals surface area contributed by atoms with Crippen LogP contribution in [0.4, 0.5) is 5.13 Å². The first-order valence-corrected chi connectivity index (χ1v) is 12.2. The molecule has 8 heteroatoms. The maximum Gasteiger partial charge on any atom is 0.260 e. The Morgan fingerprint density at radius 3 is 2.39 bits per heavy atom. The van der Waals surface area contributed by atoms with Crippen LogP contribution in [0.3, 0.4) is 0 Å². The van der Waals surface area contributed by atoms with Gasteiger partial charge in [0, 0.05) is 11.8 Å². The number of hydrogen-bond acceptors (Lipinski definition) is 6. The molecule has 0 saturated heterocycles. The predicted octanol–water partition coefficient (Wildman–Crippen LogP) is 4.56. The molecule has 1 heterocycles. The van der Waals surface area contributed by atoms with Crippen molar-refractivity contribution >= 4 is 42.4 Å². The Morgan fingerprint density at radius 1 is 1.03 bits per heavy atom. The maximum absolute atomic E-state index is 13.4. The van der Waals surface area contributed by atoms with Gasteiger partial charge in [0.05, 0.1) is 28.8 Å². The minimum Gasteiger partial charge on any atom is -0.497 e. The van der Waals surface area contributed by atoms with Crippen LogP contribution in [-0.4, -0.2) is 32.7 Å². The van der Waals surface area contributed by atoms with Crippen LogP contribution in [0.15, 0.2) is 77.7 Å². The number of hydrogen-bond donors (Lipinski definition) is 0. The van der Waals surface area contributed by atoms with Gasteiger partial charge in [0.2, 0.25) is 0 Å². The van der Waals surface area contributed by atoms with Crippen molar-refractivity contribution in [2.24, 2.45) is 0 Å². The molecule has 3 aromatic carbocycles. The molecular formula is C23H20N2O4S2. The fraction of sp³-hybridized carbons (Fsp3) is 0.130. The van der Waals surface area contributed by atoms with E-state index in [4.69, 9.17) is 4.74 Å². The van der Waals surface area contributed by atoms with Crippen LogP contribution in [-0.2, 0) is 16.4 Å². The van der Waals surface area contributed by atoms with Gasteiger partial charge in [0.25, 0.3) is 5.91 Å². The molecular weight excluding hydrogens is 432 g/mol. The Morgan fingerprint density at radius 2 is 1.74 bits per heavy atom. The van der Waals surface area contributed by atoms with Crippen molar-refractivity contribution in [2.45, 2.75) is 11.4 Å². The number of carbonyl (C=O) groups excluding carboxylic acids is 1. The first-order valence-electron chi connectivity index (χ1n) is 9.45. The van der Waals surface area contributed by atoms with Crippen molar-refractivity contribution < 1.29 is 17.9 Å². The van der Waals surface area contributed by atoms with Gasteiger partial charge in [-0.3, -0.25) is 9.69 Å². The average Bonchev–Trinajstić information content (AvgIpc) is 3.20. The highest BCUT2D eigenvalue weighted by molar-refractivity contribution is 7.90. The van der Waals surface area contributed by atoms with E-state index in [1.54, 1.807) is 48.4 Å². The zero-order valence-electron chi connectivity index (χ0n) is 17.0. The monoisotopic (exact) mass is 452 g/mol. The molecule has 0 aliphatic heterocycles. The molecule has 0 fully saturated rings. The number of thiazole rings is 1. The lowest BCUT2D eigenvalue weighted by molar-refractivity contribution is 0.0985. The summed E-state index contributed by atoms with van der Waals surface area (Å²) in [5.74, 6) is 0.466. The highest BCUT2D eigenvalue weighted by atomic mass is 32.2. The summed E-state index contributed by atoms with van der Waals surface area (Å²) in [7, 11) is -1.76. The molecule has 0 radical (unpaired) electrons. The molecule has 31 heavy (non-hydrogen) atoms. The van der Waals surface area contributed by atoms with E-state index < -0.39 is 9.84 Å². The highest BCUT2D eigenvalue weighted by Crippen LogP contribution is 2.32. The molecule has 0 N–H and O–H groups in total. The van der Waals surface area contributed by atoms with E-state index in [9.17, 15) is 13.2 Å². The second-order valence-corrected chi connectivity index (χ2v) is 10.0. The molecule has 0 unspecified atom stereocenters. The minimum atomic E-state index is -3.33. The summed E-state index contributed by atoms with van der Waals surface area (Å²) in [6, 6.07) is 21.4. The predicted molar refractivity (Wildman–Crippen MR) is 123 cm³/mol. The standard InChI is InChI=1S/C23H20N2O4S2/c1-29-18-10-8-17(9-11-18)22(26)25(15-16-6-4-3-5-7-16)23-24-20-13-12-19(31(2,27)28)14-21(20)30-23/h3-14H,15H2,1-2H3. The lowest BCUT2D eigenvalue weighted by Crippen LogP contribution is -2.30. The maximum atomic E-state index is 13.4. The van der Waals surface area contributed by atoms with Crippen molar-refractivity contribution in [3.63, 3.8) is 0 Å². The number of aromatic nitrogens is 1. The molecule has 0 atom stereocenters. The molecule has 158 valence electrons. The Hall–Kier alpha value is -3.23. The van der Waals surface area contributed by atoms with Crippen molar-refractivity contribution in [1.82, 2.24) is 4.98 Å². The lowest BCUT2D eigenvalue weighted by atomic mass is 10.1. The van der Waals surface area contributed by atoms with Crippen LogP contribution in [0.1, 0.15) is 15.9 Å². The van der Waals surface area contributed by atoms with E-state index in [-0.39, 0.29) is 10.8 Å². The number of amides is 1. The number of rotatable bonds is 6. The fourth-order valence-electron chi connectivity index (χ4n) is 3.12. The van der Waals surface area contributed by atoms with E-state index in [0.717, 1.165) is 5.56 Å². The molecule has 0 aliphatic rings. The minimum absolute atomic E-state index is 0.200. The van der Waals surface area contributed by atoms with Gasteiger partial charge in [-0.15, -0.1) is 0 Å². The third-order valence-electron chi connectivity index (χ3n) is 4.77. The van der Waals surface area contributed by atoms with Gasteiger partial charge in [0.1, 0.15) is 5.75 Å². The topological polar surface area (TPSA) is 76.6 Å². The van der Waals surface area contributed by atoms with E-state index in [0.29, 0.717) is 33.2 Å². The third-order valence-corrected chi connectivity index (χ3v) is 6.92. The normalized spacial score (nSPS) is 11.4. The van der Waals surface area contributed by atoms with E-state index in [1.807, 2.05) is 30.3 Å². The summed E-state index contributed by atoms with van der Waals surface area (Å²) < 4.78 is 29.7. The van der Waals surface area contributed by atoms with Gasteiger partial charge in [-0.25, -0.2) is 13.4 Å². The first kappa shape index (κ1) is 21.0. The number of fused-ring (bicyclic) bond motifs is 1. The molecule has 0 aliphatic carbocycles. The van der Waals surface area contributed by atoms with Gasteiger partial charge < -0.3 is 4.74 Å². The highest BCUT2D eigenvalue weighted by Gasteiger charge is 2.22. The first-order chi connectivity index (χ1) is 14.8. The van der Waals surface area contributed by atoms with Gasteiger partial charge >= 0.3 is 0 Å². The molecule has 0 saturated carbocycles. The van der Waals surface area contributed by atoms with Gasteiger partial charge in [-0.05, 0) is 48.0 Å². The number of sulfone groups is 1. The number of benzene rings is 3. The summed E-state index contributed by atoms with van der Waals surface area (Å²) in [5, 5.41) is 0.505. The van der Waals surface area contributed by atoms with Crippen molar-refractivity contribution in [3.8, 4) is 5.75 Å². The number of anilines is 1. The zero-order chi connectivity index (χ0) is 22.0. The summed E-state index contributed by atoms with van der Waals surface area (Å²) in [6.07, 6.45) is 1.17. The van der Waals surface area contributed by atoms with Crippen LogP contribution in [0.2, 0.25) is 0 Å². The summed E-state index contributed by atoms with van der Waals surface area (Å²) >= 11 is 1.29. The number of carbonyl (C=O) groups is 1. The van der Waals surface area contributed by atoms with Gasteiger partial charge in [0.15, 0.2) is 15.0 Å². The molecule has 1 amide bonds. The summed E-state index contributed by atoms with van der Waals surface area (Å²) in [4.78, 5) is 19.9. The molecule has 0 bridgehead atoms. The third kappa shape index (κ3) is 4.60. The molecule has 6 nitrogen and oxygen atoms in total. The number of nitrogens with zero attached hydrogens (tertiary/aromatic N) is 2. The van der Waals surface area contributed by atoms with Crippen LogP contribution in [0, 0.1) is 0 Å². The van der Waals surface area contributed by atoms with Crippen LogP contribution in [0.5, 0.6) is 5.75 Å². The smallest absolute Gasteiger partial charge is 0.260 e. The van der Waals surface area contributed by atoms with Crippen molar-refractivity contribution in [3.05, 3.63) is 83.9 Å². The van der Waals surface area contributed by atoms with Crippen molar-refractivity contribution in [2.75, 3.05) is 18.3 Å². The molecule has 0 spiro atoms. The van der Waals surface area contributed by atoms with Gasteiger partial charge in [-0.2, -0.15) is 0 Å².